The Bertz CT molecular complexity index is 1440. The highest BCUT2D eigenvalue weighted by Gasteiger charge is 2.38. The maximum absolute atomic E-state index is 14.6. The summed E-state index contributed by atoms with van der Waals surface area (Å²) in [5, 5.41) is 16.4. The van der Waals surface area contributed by atoms with Crippen LogP contribution in [-0.2, 0) is 16.0 Å². The number of nitrogens with zero attached hydrogens (tertiary/aromatic N) is 4. The molecule has 0 spiro atoms. The minimum atomic E-state index is -4.95. The van der Waals surface area contributed by atoms with E-state index in [-0.39, 0.29) is 16.5 Å². The molecule has 0 bridgehead atoms. The van der Waals surface area contributed by atoms with Gasteiger partial charge in [-0.1, -0.05) is 12.5 Å². The van der Waals surface area contributed by atoms with Crippen LogP contribution in [0.1, 0.15) is 52.5 Å². The fourth-order valence-corrected chi connectivity index (χ4v) is 4.21. The highest BCUT2D eigenvalue weighted by atomic mass is 32.2. The molecule has 1 saturated carbocycles. The van der Waals surface area contributed by atoms with Crippen LogP contribution in [0.15, 0.2) is 35.2 Å². The van der Waals surface area contributed by atoms with Crippen LogP contribution >= 0.6 is 0 Å². The fraction of sp³-hybridized carbons (Fsp3) is 0.318. The van der Waals surface area contributed by atoms with Gasteiger partial charge in [-0.15, -0.1) is 15.3 Å². The lowest BCUT2D eigenvalue weighted by Crippen LogP contribution is -2.21. The van der Waals surface area contributed by atoms with E-state index in [0.717, 1.165) is 44.6 Å². The van der Waals surface area contributed by atoms with Crippen molar-refractivity contribution in [2.75, 3.05) is 11.6 Å². The Morgan fingerprint density at radius 1 is 1.08 bits per heavy atom. The summed E-state index contributed by atoms with van der Waals surface area (Å²) < 4.78 is 83.9. The Morgan fingerprint density at radius 3 is 2.36 bits per heavy atom. The zero-order chi connectivity index (χ0) is 26.3. The standard InChI is InChI=1S/C22H19F4N5O4S/c1-11-17(19(32)27-13-7-4-8-14(9-13)36(2,33)34)21(31-29-18(11)22(24,25)26)35-20-15(23)10-16(28-30-20)12-5-3-6-12/h4,7-10,12H,3,5-6H2,1-2H3,(H,27,32). The molecule has 1 aliphatic rings. The maximum Gasteiger partial charge on any atom is 0.435 e. The van der Waals surface area contributed by atoms with E-state index in [9.17, 15) is 30.8 Å². The predicted octanol–water partition coefficient (Wildman–Crippen LogP) is 4.45. The van der Waals surface area contributed by atoms with Crippen molar-refractivity contribution in [1.29, 1.82) is 0 Å². The Hall–Kier alpha value is -3.68. The van der Waals surface area contributed by atoms with Crippen molar-refractivity contribution in [3.63, 3.8) is 0 Å². The lowest BCUT2D eigenvalue weighted by atomic mass is 9.83. The molecule has 4 rings (SSSR count). The summed E-state index contributed by atoms with van der Waals surface area (Å²) in [6.07, 6.45) is -1.34. The van der Waals surface area contributed by atoms with Crippen molar-refractivity contribution in [3.8, 4) is 11.8 Å². The van der Waals surface area contributed by atoms with Crippen LogP contribution in [0.5, 0.6) is 11.8 Å². The summed E-state index contributed by atoms with van der Waals surface area (Å²) in [6, 6.07) is 6.22. The van der Waals surface area contributed by atoms with Gasteiger partial charge in [-0.25, -0.2) is 12.8 Å². The second kappa shape index (κ2) is 9.41. The number of ether oxygens (including phenoxy) is 1. The minimum Gasteiger partial charge on any atom is -0.414 e. The number of hydrogen-bond acceptors (Lipinski definition) is 8. The van der Waals surface area contributed by atoms with Crippen LogP contribution in [0.2, 0.25) is 0 Å². The van der Waals surface area contributed by atoms with E-state index in [2.05, 4.69) is 25.7 Å². The number of aromatic nitrogens is 4. The first-order valence-electron chi connectivity index (χ1n) is 10.6. The van der Waals surface area contributed by atoms with Gasteiger partial charge in [0.1, 0.15) is 5.56 Å². The van der Waals surface area contributed by atoms with Gasteiger partial charge in [0.05, 0.1) is 10.6 Å². The average molecular weight is 525 g/mol. The lowest BCUT2D eigenvalue weighted by Gasteiger charge is -2.24. The number of carbonyl (C=O) groups is 1. The summed E-state index contributed by atoms with van der Waals surface area (Å²) in [6.45, 7) is 0.980. The quantitative estimate of drug-likeness (QED) is 0.468. The zero-order valence-corrected chi connectivity index (χ0v) is 19.7. The normalized spacial score (nSPS) is 14.3. The molecule has 190 valence electrons. The molecule has 2 aromatic heterocycles. The van der Waals surface area contributed by atoms with Crippen molar-refractivity contribution in [3.05, 3.63) is 58.7 Å². The van der Waals surface area contributed by atoms with E-state index in [1.165, 1.54) is 18.2 Å². The van der Waals surface area contributed by atoms with Gasteiger partial charge < -0.3 is 10.1 Å². The number of rotatable bonds is 6. The molecule has 0 aliphatic heterocycles. The molecular formula is C22H19F4N5O4S. The number of nitrogens with one attached hydrogen (secondary N) is 1. The van der Waals surface area contributed by atoms with Crippen LogP contribution in [-0.4, -0.2) is 41.0 Å². The van der Waals surface area contributed by atoms with Gasteiger partial charge in [-0.05, 0) is 43.5 Å². The summed E-state index contributed by atoms with van der Waals surface area (Å²) in [5.41, 5.74) is -2.37. The highest BCUT2D eigenvalue weighted by molar-refractivity contribution is 7.90. The maximum atomic E-state index is 14.6. The summed E-state index contributed by atoms with van der Waals surface area (Å²) in [4.78, 5) is 12.9. The predicted molar refractivity (Wildman–Crippen MR) is 118 cm³/mol. The molecule has 3 aromatic rings. The summed E-state index contributed by atoms with van der Waals surface area (Å²) >= 11 is 0. The highest BCUT2D eigenvalue weighted by Crippen LogP contribution is 2.37. The molecule has 1 amide bonds. The number of halogens is 4. The molecule has 0 unspecified atom stereocenters. The second-order valence-electron chi connectivity index (χ2n) is 8.26. The Balaban J connectivity index is 1.72. The molecule has 9 nitrogen and oxygen atoms in total. The minimum absolute atomic E-state index is 0.0190. The van der Waals surface area contributed by atoms with E-state index in [4.69, 9.17) is 4.74 Å². The van der Waals surface area contributed by atoms with Gasteiger partial charge in [-0.2, -0.15) is 18.3 Å². The van der Waals surface area contributed by atoms with Crippen LogP contribution in [0.3, 0.4) is 0 Å². The second-order valence-corrected chi connectivity index (χ2v) is 10.3. The molecule has 14 heteroatoms. The SMILES string of the molecule is Cc1c(C(F)(F)F)nnc(Oc2nnc(C3CCC3)cc2F)c1C(=O)Nc1cccc(S(C)(=O)=O)c1. The van der Waals surface area contributed by atoms with E-state index >= 15 is 0 Å². The van der Waals surface area contributed by atoms with E-state index in [0.29, 0.717) is 5.69 Å². The van der Waals surface area contributed by atoms with Gasteiger partial charge in [0.25, 0.3) is 17.7 Å². The lowest BCUT2D eigenvalue weighted by molar-refractivity contribution is -0.142. The van der Waals surface area contributed by atoms with Crippen molar-refractivity contribution in [1.82, 2.24) is 20.4 Å². The first-order valence-corrected chi connectivity index (χ1v) is 12.5. The first kappa shape index (κ1) is 25.4. The number of alkyl halides is 3. The number of carbonyl (C=O) groups excluding carboxylic acids is 1. The van der Waals surface area contributed by atoms with Gasteiger partial charge in [-0.3, -0.25) is 4.79 Å². The molecule has 1 fully saturated rings. The smallest absolute Gasteiger partial charge is 0.414 e. The number of hydrogen-bond donors (Lipinski definition) is 1. The Morgan fingerprint density at radius 2 is 1.78 bits per heavy atom. The third kappa shape index (κ3) is 5.27. The molecule has 36 heavy (non-hydrogen) atoms. The van der Waals surface area contributed by atoms with Gasteiger partial charge in [0.15, 0.2) is 21.3 Å². The van der Waals surface area contributed by atoms with Crippen LogP contribution < -0.4 is 10.1 Å². The van der Waals surface area contributed by atoms with Crippen LogP contribution in [0, 0.1) is 12.7 Å². The fourth-order valence-electron chi connectivity index (χ4n) is 3.54. The number of anilines is 1. The van der Waals surface area contributed by atoms with E-state index in [1.54, 1.807) is 0 Å². The summed E-state index contributed by atoms with van der Waals surface area (Å²) in [5.74, 6) is -3.41. The Labute approximate surface area is 202 Å². The molecule has 1 aromatic carbocycles. The third-order valence-electron chi connectivity index (χ3n) is 5.65. The first-order chi connectivity index (χ1) is 16.8. The monoisotopic (exact) mass is 525 g/mol. The Kier molecular flexibility index (Phi) is 6.64. The third-order valence-corrected chi connectivity index (χ3v) is 6.76. The number of benzene rings is 1. The largest absolute Gasteiger partial charge is 0.435 e. The molecule has 0 radical (unpaired) electrons. The van der Waals surface area contributed by atoms with Gasteiger partial charge in [0, 0.05) is 23.9 Å². The molecule has 0 atom stereocenters. The van der Waals surface area contributed by atoms with Crippen molar-refractivity contribution in [2.24, 2.45) is 0 Å². The average Bonchev–Trinajstić information content (AvgIpc) is 2.73. The molecule has 0 saturated heterocycles. The van der Waals surface area contributed by atoms with E-state index < -0.39 is 56.3 Å². The molecule has 1 N–H and O–H groups in total. The number of amides is 1. The topological polar surface area (TPSA) is 124 Å². The van der Waals surface area contributed by atoms with Crippen LogP contribution in [0.25, 0.3) is 0 Å². The van der Waals surface area contributed by atoms with E-state index in [1.807, 2.05) is 0 Å². The zero-order valence-electron chi connectivity index (χ0n) is 18.9. The molecule has 1 aliphatic carbocycles. The van der Waals surface area contributed by atoms with Crippen molar-refractivity contribution >= 4 is 21.4 Å². The number of sulfone groups is 1. The van der Waals surface area contributed by atoms with Crippen molar-refractivity contribution < 1.29 is 35.5 Å². The van der Waals surface area contributed by atoms with Gasteiger partial charge in [0.2, 0.25) is 0 Å². The summed E-state index contributed by atoms with van der Waals surface area (Å²) in [7, 11) is -3.63. The van der Waals surface area contributed by atoms with Crippen molar-refractivity contribution in [2.45, 2.75) is 43.2 Å². The van der Waals surface area contributed by atoms with Gasteiger partial charge >= 0.3 is 6.18 Å². The molecule has 2 heterocycles. The van der Waals surface area contributed by atoms with Crippen LogP contribution in [0.4, 0.5) is 23.2 Å². The molecular weight excluding hydrogens is 506 g/mol.